The van der Waals surface area contributed by atoms with Gasteiger partial charge in [-0.1, -0.05) is 0 Å². The number of nitrogens with zero attached hydrogens (tertiary/aromatic N) is 3. The highest BCUT2D eigenvalue weighted by molar-refractivity contribution is 5.82. The molecule has 2 unspecified atom stereocenters. The quantitative estimate of drug-likeness (QED) is 0.755. The first kappa shape index (κ1) is 19.7. The fraction of sp³-hybridized carbons (Fsp3) is 0.737. The second-order valence-electron chi connectivity index (χ2n) is 7.65. The Kier molecular flexibility index (Phi) is 6.36. The fourth-order valence-electron chi connectivity index (χ4n) is 3.92. The molecular weight excluding hydrogens is 346 g/mol. The molecule has 0 aromatic carbocycles. The molecule has 2 saturated heterocycles. The fourth-order valence-corrected chi connectivity index (χ4v) is 3.92. The number of hydrogen-bond acceptors (Lipinski definition) is 5. The normalized spacial score (nSPS) is 22.7. The summed E-state index contributed by atoms with van der Waals surface area (Å²) in [6, 6.07) is -0.0503. The van der Waals surface area contributed by atoms with E-state index in [1.54, 1.807) is 4.68 Å². The van der Waals surface area contributed by atoms with Crippen LogP contribution in [-0.4, -0.2) is 65.3 Å². The highest BCUT2D eigenvalue weighted by Crippen LogP contribution is 2.22. The second-order valence-corrected chi connectivity index (χ2v) is 7.65. The van der Waals surface area contributed by atoms with Gasteiger partial charge in [0.2, 0.25) is 5.91 Å². The van der Waals surface area contributed by atoms with E-state index in [0.717, 1.165) is 50.2 Å². The molecule has 2 amide bonds. The van der Waals surface area contributed by atoms with Crippen molar-refractivity contribution in [3.63, 3.8) is 0 Å². The van der Waals surface area contributed by atoms with Crippen molar-refractivity contribution in [3.05, 3.63) is 11.4 Å². The number of nitrogens with one attached hydrogen (secondary N) is 2. The van der Waals surface area contributed by atoms with Crippen LogP contribution in [0.1, 0.15) is 37.1 Å². The van der Waals surface area contributed by atoms with Gasteiger partial charge in [0.05, 0.1) is 11.7 Å². The lowest BCUT2D eigenvalue weighted by molar-refractivity contribution is -0.135. The summed E-state index contributed by atoms with van der Waals surface area (Å²) in [5.41, 5.74) is 1.71. The van der Waals surface area contributed by atoms with E-state index in [2.05, 4.69) is 15.7 Å². The van der Waals surface area contributed by atoms with Crippen LogP contribution in [0, 0.1) is 19.8 Å². The molecule has 8 heteroatoms. The Morgan fingerprint density at radius 2 is 2.11 bits per heavy atom. The summed E-state index contributed by atoms with van der Waals surface area (Å²) in [6.07, 6.45) is 3.95. The number of aromatic nitrogens is 2. The van der Waals surface area contributed by atoms with Crippen LogP contribution < -0.4 is 15.4 Å². The van der Waals surface area contributed by atoms with E-state index >= 15 is 0 Å². The predicted octanol–water partition coefficient (Wildman–Crippen LogP) is 0.523. The summed E-state index contributed by atoms with van der Waals surface area (Å²) in [5, 5.41) is 10.6. The Balaban J connectivity index is 1.45. The maximum Gasteiger partial charge on any atom is 0.260 e. The molecule has 2 aliphatic rings. The Morgan fingerprint density at radius 3 is 2.78 bits per heavy atom. The van der Waals surface area contributed by atoms with E-state index in [4.69, 9.17) is 4.74 Å². The minimum absolute atomic E-state index is 0.00820. The number of rotatable bonds is 6. The van der Waals surface area contributed by atoms with Crippen LogP contribution in [0.25, 0.3) is 0 Å². The van der Waals surface area contributed by atoms with Gasteiger partial charge in [0.15, 0.2) is 12.4 Å². The Morgan fingerprint density at radius 1 is 1.30 bits per heavy atom. The standard InChI is InChI=1S/C19H31N5O3/c1-13-18(14(2)23(3)22-13)27-12-17(25)24-9-5-6-15(11-24)10-21-19(26)16-7-4-8-20-16/h15-16,20H,4-12H2,1-3H3,(H,21,26). The summed E-state index contributed by atoms with van der Waals surface area (Å²) in [4.78, 5) is 26.6. The molecule has 0 bridgehead atoms. The SMILES string of the molecule is Cc1nn(C)c(C)c1OCC(=O)N1CCCC(CNC(=O)C2CCCN2)C1. The third-order valence-corrected chi connectivity index (χ3v) is 5.60. The van der Waals surface area contributed by atoms with Crippen molar-refractivity contribution in [3.8, 4) is 5.75 Å². The third kappa shape index (κ3) is 4.80. The van der Waals surface area contributed by atoms with Crippen LogP contribution in [0.15, 0.2) is 0 Å². The van der Waals surface area contributed by atoms with Gasteiger partial charge in [0.1, 0.15) is 5.69 Å². The van der Waals surface area contributed by atoms with Crippen LogP contribution in [0.4, 0.5) is 0 Å². The van der Waals surface area contributed by atoms with E-state index < -0.39 is 0 Å². The summed E-state index contributed by atoms with van der Waals surface area (Å²) in [5.74, 6) is 1.07. The van der Waals surface area contributed by atoms with E-state index in [1.807, 2.05) is 25.8 Å². The molecule has 1 aromatic heterocycles. The van der Waals surface area contributed by atoms with Gasteiger partial charge in [0.25, 0.3) is 5.91 Å². The summed E-state index contributed by atoms with van der Waals surface area (Å²) in [6.45, 7) is 6.80. The average Bonchev–Trinajstić information content (AvgIpc) is 3.28. The van der Waals surface area contributed by atoms with E-state index in [9.17, 15) is 9.59 Å². The van der Waals surface area contributed by atoms with Gasteiger partial charge in [0, 0.05) is 26.7 Å². The number of hydrogen-bond donors (Lipinski definition) is 2. The van der Waals surface area contributed by atoms with Crippen molar-refractivity contribution in [1.29, 1.82) is 0 Å². The van der Waals surface area contributed by atoms with Crippen molar-refractivity contribution in [2.45, 2.75) is 45.6 Å². The highest BCUT2D eigenvalue weighted by atomic mass is 16.5. The van der Waals surface area contributed by atoms with Gasteiger partial charge in [-0.05, 0) is 52.0 Å². The molecule has 2 aliphatic heterocycles. The van der Waals surface area contributed by atoms with Crippen molar-refractivity contribution < 1.29 is 14.3 Å². The molecule has 3 heterocycles. The number of likely N-dealkylation sites (tertiary alicyclic amines) is 1. The molecule has 1 aromatic rings. The third-order valence-electron chi connectivity index (χ3n) is 5.60. The summed E-state index contributed by atoms with van der Waals surface area (Å²) in [7, 11) is 1.86. The van der Waals surface area contributed by atoms with Crippen LogP contribution in [-0.2, 0) is 16.6 Å². The van der Waals surface area contributed by atoms with Gasteiger partial charge in [-0.15, -0.1) is 0 Å². The Bertz CT molecular complexity index is 681. The Hall–Kier alpha value is -2.09. The van der Waals surface area contributed by atoms with E-state index in [1.165, 1.54) is 0 Å². The van der Waals surface area contributed by atoms with Crippen LogP contribution in [0.2, 0.25) is 0 Å². The monoisotopic (exact) mass is 377 g/mol. The summed E-state index contributed by atoms with van der Waals surface area (Å²) < 4.78 is 7.51. The molecule has 2 atom stereocenters. The Labute approximate surface area is 160 Å². The molecule has 0 saturated carbocycles. The minimum Gasteiger partial charge on any atom is -0.480 e. The van der Waals surface area contributed by atoms with Crippen LogP contribution in [0.3, 0.4) is 0 Å². The molecule has 150 valence electrons. The molecule has 2 fully saturated rings. The zero-order chi connectivity index (χ0) is 19.4. The molecule has 0 aliphatic carbocycles. The first-order chi connectivity index (χ1) is 13.0. The number of carbonyl (C=O) groups is 2. The molecule has 3 rings (SSSR count). The maximum absolute atomic E-state index is 12.6. The topological polar surface area (TPSA) is 88.5 Å². The van der Waals surface area contributed by atoms with Crippen molar-refractivity contribution in [1.82, 2.24) is 25.3 Å². The lowest BCUT2D eigenvalue weighted by Crippen LogP contribution is -2.47. The van der Waals surface area contributed by atoms with Gasteiger partial charge >= 0.3 is 0 Å². The van der Waals surface area contributed by atoms with Crippen molar-refractivity contribution in [2.24, 2.45) is 13.0 Å². The van der Waals surface area contributed by atoms with Gasteiger partial charge in [-0.2, -0.15) is 5.10 Å². The van der Waals surface area contributed by atoms with Gasteiger partial charge < -0.3 is 20.3 Å². The number of amides is 2. The maximum atomic E-state index is 12.6. The minimum atomic E-state index is -0.0503. The zero-order valence-corrected chi connectivity index (χ0v) is 16.6. The largest absolute Gasteiger partial charge is 0.480 e. The lowest BCUT2D eigenvalue weighted by Gasteiger charge is -2.33. The first-order valence-corrected chi connectivity index (χ1v) is 9.87. The number of piperidine rings is 1. The van der Waals surface area contributed by atoms with E-state index in [-0.39, 0.29) is 24.5 Å². The predicted molar refractivity (Wildman–Crippen MR) is 102 cm³/mol. The van der Waals surface area contributed by atoms with Crippen LogP contribution >= 0.6 is 0 Å². The smallest absolute Gasteiger partial charge is 0.260 e. The molecule has 2 N–H and O–H groups in total. The molecule has 0 spiro atoms. The average molecular weight is 377 g/mol. The number of carbonyl (C=O) groups excluding carboxylic acids is 2. The molecule has 8 nitrogen and oxygen atoms in total. The van der Waals surface area contributed by atoms with E-state index in [0.29, 0.717) is 24.8 Å². The molecule has 0 radical (unpaired) electrons. The number of aryl methyl sites for hydroxylation is 2. The van der Waals surface area contributed by atoms with Gasteiger partial charge in [-0.25, -0.2) is 0 Å². The van der Waals surface area contributed by atoms with Gasteiger partial charge in [-0.3, -0.25) is 14.3 Å². The zero-order valence-electron chi connectivity index (χ0n) is 16.6. The van der Waals surface area contributed by atoms with Crippen molar-refractivity contribution >= 4 is 11.8 Å². The highest BCUT2D eigenvalue weighted by Gasteiger charge is 2.27. The van der Waals surface area contributed by atoms with Crippen LogP contribution in [0.5, 0.6) is 5.75 Å². The first-order valence-electron chi connectivity index (χ1n) is 9.87. The summed E-state index contributed by atoms with van der Waals surface area (Å²) >= 11 is 0. The lowest BCUT2D eigenvalue weighted by atomic mass is 9.97. The van der Waals surface area contributed by atoms with Crippen molar-refractivity contribution in [2.75, 3.05) is 32.8 Å². The second kappa shape index (κ2) is 8.73. The molecular formula is C19H31N5O3. The number of ether oxygens (including phenoxy) is 1. The molecule has 27 heavy (non-hydrogen) atoms.